The number of esters is 2. The molecule has 4 saturated carbocycles. The van der Waals surface area contributed by atoms with Gasteiger partial charge in [-0.25, -0.2) is 4.79 Å². The van der Waals surface area contributed by atoms with Crippen LogP contribution in [0.1, 0.15) is 123 Å². The summed E-state index contributed by atoms with van der Waals surface area (Å²) in [6.45, 7) is 16.3. The lowest BCUT2D eigenvalue weighted by molar-refractivity contribution is -0.210. The second-order valence-electron chi connectivity index (χ2n) is 19.1. The van der Waals surface area contributed by atoms with Crippen molar-refractivity contribution in [2.75, 3.05) is 13.7 Å². The molecule has 7 rings (SSSR count). The van der Waals surface area contributed by atoms with Gasteiger partial charge in [-0.05, 0) is 121 Å². The molecule has 0 N–H and O–H groups in total. The van der Waals surface area contributed by atoms with Crippen LogP contribution in [0.15, 0.2) is 72.3 Å². The molecular formula is C46H60O6. The maximum Gasteiger partial charge on any atom is 0.331 e. The molecule has 280 valence electrons. The fraction of sp³-hybridized carbons (Fsp3) is 0.630. The van der Waals surface area contributed by atoms with Gasteiger partial charge in [0.15, 0.2) is 11.9 Å². The first-order valence-corrected chi connectivity index (χ1v) is 19.8. The topological polar surface area (TPSA) is 78.9 Å². The molecule has 0 spiro atoms. The van der Waals surface area contributed by atoms with Crippen molar-refractivity contribution in [3.8, 4) is 0 Å². The van der Waals surface area contributed by atoms with Gasteiger partial charge in [0, 0.05) is 5.92 Å². The zero-order valence-electron chi connectivity index (χ0n) is 32.8. The van der Waals surface area contributed by atoms with E-state index in [1.807, 2.05) is 60.7 Å². The second-order valence-corrected chi connectivity index (χ2v) is 19.1. The van der Waals surface area contributed by atoms with Gasteiger partial charge in [0.2, 0.25) is 0 Å². The molecule has 9 atom stereocenters. The highest BCUT2D eigenvalue weighted by Crippen LogP contribution is 2.75. The van der Waals surface area contributed by atoms with Crippen molar-refractivity contribution in [3.63, 3.8) is 0 Å². The minimum atomic E-state index is -0.665. The lowest BCUT2D eigenvalue weighted by Gasteiger charge is -2.70. The van der Waals surface area contributed by atoms with Crippen LogP contribution in [-0.4, -0.2) is 37.5 Å². The molecule has 0 saturated heterocycles. The highest BCUT2D eigenvalue weighted by atomic mass is 16.6. The summed E-state index contributed by atoms with van der Waals surface area (Å²) in [7, 11) is 1.40. The van der Waals surface area contributed by atoms with Gasteiger partial charge in [0.1, 0.15) is 6.61 Å². The minimum Gasteiger partial charge on any atom is -0.467 e. The number of fused-ring (bicyclic) bond motifs is 7. The standard InChI is InChI=1S/C46H60O6/c1-41(2)35-19-22-46(7)39(44(35,5)21-20-36(41)51-29-37(48)50-8)34(47)27-32-33-28-43(4,24-23-42(33,3)25-26-45(32,46)6)40(49)52-38(30-15-11-9-12-16-30)31-17-13-10-14-18-31/h9-18,27,33,35-36,38-39H,19-26,28-29H2,1-8H3/t33-,35-,36-,39+,42+,43-,44-,45+,46+/m0/s1. The molecule has 4 fully saturated rings. The Labute approximate surface area is 311 Å². The number of ketones is 1. The van der Waals surface area contributed by atoms with E-state index in [0.29, 0.717) is 12.3 Å². The fourth-order valence-electron chi connectivity index (χ4n) is 12.7. The SMILES string of the molecule is COC(=O)CO[C@H]1CC[C@]2(C)[C@H]3C(=O)C=C4[C@@H]5C[C@@](C)(C(=O)OC(c6ccccc6)c6ccccc6)CC[C@]5(C)CC[C@@]4(C)[C@]3(C)CC[C@H]2C1(C)C. The molecule has 0 aromatic heterocycles. The van der Waals surface area contributed by atoms with Gasteiger partial charge < -0.3 is 14.2 Å². The summed E-state index contributed by atoms with van der Waals surface area (Å²) < 4.78 is 17.6. The van der Waals surface area contributed by atoms with Crippen LogP contribution in [0, 0.1) is 50.2 Å². The molecule has 52 heavy (non-hydrogen) atoms. The zero-order valence-corrected chi connectivity index (χ0v) is 32.8. The molecule has 6 nitrogen and oxygen atoms in total. The molecule has 0 amide bonds. The normalized spacial score (nSPS) is 39.2. The summed E-state index contributed by atoms with van der Waals surface area (Å²) in [5.41, 5.74) is 1.87. The molecule has 0 unspecified atom stereocenters. The molecule has 5 aliphatic carbocycles. The van der Waals surface area contributed by atoms with Crippen molar-refractivity contribution in [3.05, 3.63) is 83.4 Å². The Morgan fingerprint density at radius 1 is 0.788 bits per heavy atom. The van der Waals surface area contributed by atoms with E-state index in [2.05, 4.69) is 54.5 Å². The summed E-state index contributed by atoms with van der Waals surface area (Å²) in [5, 5.41) is 0. The number of ether oxygens (including phenoxy) is 3. The van der Waals surface area contributed by atoms with Gasteiger partial charge in [-0.2, -0.15) is 0 Å². The maximum atomic E-state index is 14.9. The molecule has 5 aliphatic rings. The Kier molecular flexibility index (Phi) is 9.24. The largest absolute Gasteiger partial charge is 0.467 e. The molecule has 0 aliphatic heterocycles. The smallest absolute Gasteiger partial charge is 0.331 e. The fourth-order valence-corrected chi connectivity index (χ4v) is 12.7. The first-order chi connectivity index (χ1) is 24.5. The Morgan fingerprint density at radius 2 is 1.40 bits per heavy atom. The third-order valence-corrected chi connectivity index (χ3v) is 16.1. The first-order valence-electron chi connectivity index (χ1n) is 19.8. The Morgan fingerprint density at radius 3 is 2.02 bits per heavy atom. The van der Waals surface area contributed by atoms with Gasteiger partial charge in [-0.3, -0.25) is 9.59 Å². The van der Waals surface area contributed by atoms with Gasteiger partial charge in [0.05, 0.1) is 18.6 Å². The average Bonchev–Trinajstić information content (AvgIpc) is 3.12. The third-order valence-electron chi connectivity index (χ3n) is 16.1. The predicted molar refractivity (Wildman–Crippen MR) is 202 cm³/mol. The van der Waals surface area contributed by atoms with Gasteiger partial charge in [-0.1, -0.05) is 108 Å². The van der Waals surface area contributed by atoms with Crippen LogP contribution in [0.3, 0.4) is 0 Å². The monoisotopic (exact) mass is 708 g/mol. The lowest BCUT2D eigenvalue weighted by atomic mass is 9.33. The molecule has 0 bridgehead atoms. The van der Waals surface area contributed by atoms with Crippen molar-refractivity contribution in [1.82, 2.24) is 0 Å². The molecule has 2 aromatic carbocycles. The summed E-state index contributed by atoms with van der Waals surface area (Å²) in [5.74, 6) is 0.121. The number of hydrogen-bond acceptors (Lipinski definition) is 6. The quantitative estimate of drug-likeness (QED) is 0.267. The Balaban J connectivity index is 1.19. The number of rotatable bonds is 7. The molecule has 6 heteroatoms. The molecule has 2 aromatic rings. The van der Waals surface area contributed by atoms with E-state index in [4.69, 9.17) is 14.2 Å². The van der Waals surface area contributed by atoms with Crippen LogP contribution in [-0.2, 0) is 28.6 Å². The molecule has 0 radical (unpaired) electrons. The molecule has 0 heterocycles. The lowest BCUT2D eigenvalue weighted by Crippen LogP contribution is -2.66. The van der Waals surface area contributed by atoms with Crippen molar-refractivity contribution in [2.45, 2.75) is 118 Å². The summed E-state index contributed by atoms with van der Waals surface area (Å²) >= 11 is 0. The maximum absolute atomic E-state index is 14.9. The van der Waals surface area contributed by atoms with Crippen molar-refractivity contribution >= 4 is 17.7 Å². The number of carbonyl (C=O) groups is 3. The van der Waals surface area contributed by atoms with Gasteiger partial charge >= 0.3 is 11.9 Å². The van der Waals surface area contributed by atoms with E-state index >= 15 is 0 Å². The third kappa shape index (κ3) is 5.64. The Hall–Kier alpha value is -3.25. The first kappa shape index (κ1) is 37.1. The van der Waals surface area contributed by atoms with Crippen LogP contribution in [0.4, 0.5) is 0 Å². The number of hydrogen-bond donors (Lipinski definition) is 0. The number of carbonyl (C=O) groups excluding carboxylic acids is 3. The van der Waals surface area contributed by atoms with E-state index in [1.54, 1.807) is 0 Å². The van der Waals surface area contributed by atoms with E-state index in [9.17, 15) is 14.4 Å². The highest BCUT2D eigenvalue weighted by molar-refractivity contribution is 5.95. The summed E-state index contributed by atoms with van der Waals surface area (Å²) in [6.07, 6.45) is 9.83. The number of methoxy groups -OCH3 is 1. The van der Waals surface area contributed by atoms with Gasteiger partial charge in [0.25, 0.3) is 0 Å². The van der Waals surface area contributed by atoms with Crippen LogP contribution in [0.5, 0.6) is 0 Å². The molecular weight excluding hydrogens is 649 g/mol. The summed E-state index contributed by atoms with van der Waals surface area (Å²) in [6, 6.07) is 20.1. The van der Waals surface area contributed by atoms with Gasteiger partial charge in [-0.15, -0.1) is 0 Å². The van der Waals surface area contributed by atoms with E-state index in [-0.39, 0.29) is 69.3 Å². The number of benzene rings is 2. The van der Waals surface area contributed by atoms with E-state index in [1.165, 1.54) is 12.7 Å². The average molecular weight is 709 g/mol. The summed E-state index contributed by atoms with van der Waals surface area (Å²) in [4.78, 5) is 41.4. The van der Waals surface area contributed by atoms with E-state index < -0.39 is 11.5 Å². The van der Waals surface area contributed by atoms with Crippen LogP contribution < -0.4 is 0 Å². The highest BCUT2D eigenvalue weighted by Gasteiger charge is 2.70. The van der Waals surface area contributed by atoms with Crippen LogP contribution in [0.2, 0.25) is 0 Å². The Bertz CT molecular complexity index is 1690. The predicted octanol–water partition coefficient (Wildman–Crippen LogP) is 9.86. The number of allylic oxidation sites excluding steroid dienone is 2. The van der Waals surface area contributed by atoms with Crippen LogP contribution in [0.25, 0.3) is 0 Å². The van der Waals surface area contributed by atoms with Crippen molar-refractivity contribution < 1.29 is 28.6 Å². The second kappa shape index (κ2) is 13.0. The van der Waals surface area contributed by atoms with Crippen molar-refractivity contribution in [2.24, 2.45) is 50.2 Å². The van der Waals surface area contributed by atoms with E-state index in [0.717, 1.165) is 62.5 Å². The van der Waals surface area contributed by atoms with Crippen molar-refractivity contribution in [1.29, 1.82) is 0 Å². The van der Waals surface area contributed by atoms with Crippen LogP contribution >= 0.6 is 0 Å². The minimum absolute atomic E-state index is 0.0327. The zero-order chi connectivity index (χ0) is 37.3.